The molecule has 0 saturated heterocycles. The van der Waals surface area contributed by atoms with Crippen LogP contribution in [0.2, 0.25) is 13.6 Å². The van der Waals surface area contributed by atoms with Gasteiger partial charge < -0.3 is 4.90 Å². The normalized spacial score (nSPS) is 10.0. The fourth-order valence-corrected chi connectivity index (χ4v) is 0.344. The maximum absolute atomic E-state index is 2.17. The third-order valence-electron chi connectivity index (χ3n) is 0.769. The van der Waals surface area contributed by atoms with Crippen molar-refractivity contribution < 1.29 is 0 Å². The molecule has 0 rings (SSSR count). The molecule has 0 aromatic carbocycles. The van der Waals surface area contributed by atoms with Gasteiger partial charge in [0.15, 0.2) is 6.71 Å². The van der Waals surface area contributed by atoms with Crippen LogP contribution in [0.25, 0.3) is 0 Å². The molecule has 0 heterocycles. The first-order valence-corrected chi connectivity index (χ1v) is 2.97. The molecule has 0 aliphatic carbocycles. The summed E-state index contributed by atoms with van der Waals surface area (Å²) in [6.07, 6.45) is 2.07. The Hall–Kier alpha value is -0.395. The van der Waals surface area contributed by atoms with Gasteiger partial charge in [0.2, 0.25) is 0 Å². The van der Waals surface area contributed by atoms with Crippen molar-refractivity contribution in [1.29, 1.82) is 0 Å². The van der Waals surface area contributed by atoms with E-state index in [0.29, 0.717) is 6.71 Å². The number of nitrogens with zero attached hydrogens (tertiary/aromatic N) is 1. The maximum atomic E-state index is 2.17. The molecule has 0 bridgehead atoms. The monoisotopic (exact) mass is 111 g/mol. The third kappa shape index (κ3) is 5.60. The topological polar surface area (TPSA) is 3.24 Å². The van der Waals surface area contributed by atoms with E-state index in [1.54, 1.807) is 0 Å². The number of hydrogen-bond acceptors (Lipinski definition) is 1. The molecule has 0 aliphatic rings. The van der Waals surface area contributed by atoms with Crippen molar-refractivity contribution in [3.8, 4) is 0 Å². The minimum atomic E-state index is 0.664. The Kier molecular flexibility index (Phi) is 3.41. The van der Waals surface area contributed by atoms with E-state index in [9.17, 15) is 0 Å². The van der Waals surface area contributed by atoms with E-state index >= 15 is 0 Å². The maximum Gasteiger partial charge on any atom is 0.162 e. The zero-order valence-corrected chi connectivity index (χ0v) is 6.18. The summed E-state index contributed by atoms with van der Waals surface area (Å²) in [7, 11) is 4.05. The van der Waals surface area contributed by atoms with Gasteiger partial charge in [0, 0.05) is 14.1 Å². The van der Waals surface area contributed by atoms with Gasteiger partial charge in [-0.1, -0.05) is 13.6 Å². The molecule has 0 spiro atoms. The molecule has 0 aliphatic heterocycles. The molecule has 0 atom stereocenters. The van der Waals surface area contributed by atoms with Gasteiger partial charge in [0.05, 0.1) is 0 Å². The Labute approximate surface area is 52.5 Å². The van der Waals surface area contributed by atoms with Gasteiger partial charge in [0.1, 0.15) is 0 Å². The van der Waals surface area contributed by atoms with Crippen LogP contribution < -0.4 is 0 Å². The van der Waals surface area contributed by atoms with Crippen LogP contribution >= 0.6 is 0 Å². The van der Waals surface area contributed by atoms with Gasteiger partial charge in [-0.15, -0.1) is 5.98 Å². The summed E-state index contributed by atoms with van der Waals surface area (Å²) < 4.78 is 0. The van der Waals surface area contributed by atoms with Crippen molar-refractivity contribution in [3.05, 3.63) is 12.2 Å². The predicted octanol–water partition coefficient (Wildman–Crippen LogP) is 1.36. The van der Waals surface area contributed by atoms with E-state index in [0.717, 1.165) is 0 Å². The Morgan fingerprint density at radius 2 is 1.75 bits per heavy atom. The highest BCUT2D eigenvalue weighted by molar-refractivity contribution is 6.61. The average Bonchev–Trinajstić information content (AvgIpc) is 1.61. The first kappa shape index (κ1) is 7.60. The summed E-state index contributed by atoms with van der Waals surface area (Å²) in [6.45, 7) is 5.00. The highest BCUT2D eigenvalue weighted by atomic mass is 15.0. The summed E-state index contributed by atoms with van der Waals surface area (Å²) >= 11 is 0. The Morgan fingerprint density at radius 1 is 1.25 bits per heavy atom. The molecule has 0 N–H and O–H groups in total. The van der Waals surface area contributed by atoms with Crippen LogP contribution in [0.4, 0.5) is 0 Å². The van der Waals surface area contributed by atoms with Crippen molar-refractivity contribution in [1.82, 2.24) is 4.90 Å². The number of hydrogen-bond donors (Lipinski definition) is 0. The van der Waals surface area contributed by atoms with Crippen molar-refractivity contribution in [2.45, 2.75) is 13.6 Å². The molecule has 0 saturated carbocycles. The van der Waals surface area contributed by atoms with Gasteiger partial charge >= 0.3 is 0 Å². The molecular weight excluding hydrogens is 96.9 g/mol. The van der Waals surface area contributed by atoms with E-state index in [1.807, 2.05) is 19.0 Å². The second-order valence-electron chi connectivity index (χ2n) is 2.55. The minimum absolute atomic E-state index is 0.664. The second kappa shape index (κ2) is 3.59. The van der Waals surface area contributed by atoms with E-state index in [4.69, 9.17) is 0 Å². The summed E-state index contributed by atoms with van der Waals surface area (Å²) in [5, 5.41) is 0. The molecule has 2 heteroatoms. The zero-order chi connectivity index (χ0) is 6.57. The van der Waals surface area contributed by atoms with Crippen molar-refractivity contribution >= 4 is 6.71 Å². The van der Waals surface area contributed by atoms with Gasteiger partial charge in [0.25, 0.3) is 0 Å². The Balaban J connectivity index is 3.34. The van der Waals surface area contributed by atoms with Crippen LogP contribution in [0, 0.1) is 0 Å². The summed E-state index contributed by atoms with van der Waals surface area (Å²) in [4.78, 5) is 2.04. The molecule has 46 valence electrons. The molecule has 0 radical (unpaired) electrons. The smallest absolute Gasteiger partial charge is 0.162 e. The fourth-order valence-electron chi connectivity index (χ4n) is 0.344. The van der Waals surface area contributed by atoms with Crippen LogP contribution in [0.15, 0.2) is 12.2 Å². The van der Waals surface area contributed by atoms with E-state index < -0.39 is 0 Å². The lowest BCUT2D eigenvalue weighted by atomic mass is 9.55. The lowest BCUT2D eigenvalue weighted by Crippen LogP contribution is -2.03. The SMILES string of the molecule is CB(C)/C=C\N(C)C. The highest BCUT2D eigenvalue weighted by Crippen LogP contribution is 1.83. The van der Waals surface area contributed by atoms with Gasteiger partial charge in [-0.2, -0.15) is 0 Å². The van der Waals surface area contributed by atoms with Crippen molar-refractivity contribution in [2.75, 3.05) is 14.1 Å². The fraction of sp³-hybridized carbons (Fsp3) is 0.667. The van der Waals surface area contributed by atoms with Crippen LogP contribution in [-0.2, 0) is 0 Å². The lowest BCUT2D eigenvalue weighted by molar-refractivity contribution is 0.564. The molecule has 0 aromatic heterocycles. The summed E-state index contributed by atoms with van der Waals surface area (Å²) in [6, 6.07) is 0. The van der Waals surface area contributed by atoms with Crippen LogP contribution in [0.1, 0.15) is 0 Å². The molecular formula is C6H14BN. The first-order chi connectivity index (χ1) is 3.63. The average molecular weight is 111 g/mol. The van der Waals surface area contributed by atoms with Gasteiger partial charge in [-0.05, 0) is 6.20 Å². The first-order valence-electron chi connectivity index (χ1n) is 2.97. The van der Waals surface area contributed by atoms with E-state index in [2.05, 4.69) is 25.8 Å². The second-order valence-corrected chi connectivity index (χ2v) is 2.55. The van der Waals surface area contributed by atoms with Gasteiger partial charge in [-0.3, -0.25) is 0 Å². The highest BCUT2D eigenvalue weighted by Gasteiger charge is 1.87. The quantitative estimate of drug-likeness (QED) is 0.486. The zero-order valence-electron chi connectivity index (χ0n) is 6.18. The molecule has 0 aromatic rings. The molecule has 0 amide bonds. The Bertz CT molecular complexity index is 66.6. The standard InChI is InChI=1S/C6H14BN/c1-7(2)5-6-8(3)4/h5-6H,1-4H3/b6-5-. The molecule has 8 heavy (non-hydrogen) atoms. The summed E-state index contributed by atoms with van der Waals surface area (Å²) in [5.74, 6) is 2.17. The van der Waals surface area contributed by atoms with E-state index in [-0.39, 0.29) is 0 Å². The van der Waals surface area contributed by atoms with Crippen LogP contribution in [0.3, 0.4) is 0 Å². The van der Waals surface area contributed by atoms with Crippen LogP contribution in [0.5, 0.6) is 0 Å². The van der Waals surface area contributed by atoms with Crippen LogP contribution in [-0.4, -0.2) is 25.7 Å². The van der Waals surface area contributed by atoms with Crippen molar-refractivity contribution in [3.63, 3.8) is 0 Å². The van der Waals surface area contributed by atoms with E-state index in [1.165, 1.54) is 0 Å². The van der Waals surface area contributed by atoms with Crippen molar-refractivity contribution in [2.24, 2.45) is 0 Å². The van der Waals surface area contributed by atoms with Gasteiger partial charge in [-0.25, -0.2) is 0 Å². The molecule has 0 fully saturated rings. The summed E-state index contributed by atoms with van der Waals surface area (Å²) in [5.41, 5.74) is 0. The molecule has 1 nitrogen and oxygen atoms in total. The largest absolute Gasteiger partial charge is 0.384 e. The third-order valence-corrected chi connectivity index (χ3v) is 0.769. The predicted molar refractivity (Wildman–Crippen MR) is 40.3 cm³/mol. The molecule has 0 unspecified atom stereocenters. The Morgan fingerprint density at radius 3 is 1.88 bits per heavy atom. The number of rotatable bonds is 2. The lowest BCUT2D eigenvalue weighted by Gasteiger charge is -2.02. The minimum Gasteiger partial charge on any atom is -0.384 e.